The summed E-state index contributed by atoms with van der Waals surface area (Å²) in [5.74, 6) is 0.814. The molecule has 1 aliphatic rings. The fourth-order valence-corrected chi connectivity index (χ4v) is 2.52. The topological polar surface area (TPSA) is 24.9 Å². The van der Waals surface area contributed by atoms with E-state index in [1.807, 2.05) is 12.4 Å². The first-order valence-corrected chi connectivity index (χ1v) is 7.05. The van der Waals surface area contributed by atoms with Crippen LogP contribution in [0.25, 0.3) is 0 Å². The summed E-state index contributed by atoms with van der Waals surface area (Å²) in [5, 5.41) is 3.61. The van der Waals surface area contributed by atoms with Gasteiger partial charge in [-0.15, -0.1) is 0 Å². The molecule has 2 nitrogen and oxygen atoms in total. The van der Waals surface area contributed by atoms with Crippen LogP contribution in [0.3, 0.4) is 0 Å². The van der Waals surface area contributed by atoms with E-state index in [0.717, 1.165) is 12.5 Å². The third-order valence-electron chi connectivity index (χ3n) is 3.88. The molecule has 0 spiro atoms. The van der Waals surface area contributed by atoms with Crippen LogP contribution in [0.15, 0.2) is 48.8 Å². The predicted molar refractivity (Wildman–Crippen MR) is 77.9 cm³/mol. The molecule has 19 heavy (non-hydrogen) atoms. The Bertz CT molecular complexity index is 532. The standard InChI is InChI=1S/C17H20N2/c1-13(14-8-10-18-11-9-14)19-12-16-4-2-3-5-17(16)15-6-7-15/h2-5,8-11,13,15,19H,6-7,12H2,1H3. The van der Waals surface area contributed by atoms with Crippen LogP contribution in [0, 0.1) is 0 Å². The lowest BCUT2D eigenvalue weighted by atomic mass is 10.0. The zero-order valence-corrected chi connectivity index (χ0v) is 11.3. The van der Waals surface area contributed by atoms with E-state index < -0.39 is 0 Å². The molecule has 1 aromatic carbocycles. The van der Waals surface area contributed by atoms with Crippen LogP contribution in [-0.2, 0) is 6.54 Å². The molecule has 0 radical (unpaired) electrons. The number of nitrogens with zero attached hydrogens (tertiary/aromatic N) is 1. The number of pyridine rings is 1. The summed E-state index contributed by atoms with van der Waals surface area (Å²) < 4.78 is 0. The van der Waals surface area contributed by atoms with Gasteiger partial charge in [-0.25, -0.2) is 0 Å². The summed E-state index contributed by atoms with van der Waals surface area (Å²) in [5.41, 5.74) is 4.28. The highest BCUT2D eigenvalue weighted by Crippen LogP contribution is 2.41. The zero-order chi connectivity index (χ0) is 13.1. The number of nitrogens with one attached hydrogen (secondary N) is 1. The number of hydrogen-bond acceptors (Lipinski definition) is 2. The van der Waals surface area contributed by atoms with Crippen LogP contribution in [0.2, 0.25) is 0 Å². The minimum Gasteiger partial charge on any atom is -0.306 e. The average molecular weight is 252 g/mol. The Labute approximate surface area is 114 Å². The van der Waals surface area contributed by atoms with E-state index in [1.165, 1.54) is 29.5 Å². The second-order valence-electron chi connectivity index (χ2n) is 5.36. The van der Waals surface area contributed by atoms with E-state index >= 15 is 0 Å². The first-order chi connectivity index (χ1) is 9.34. The van der Waals surface area contributed by atoms with Gasteiger partial charge in [0.2, 0.25) is 0 Å². The van der Waals surface area contributed by atoms with Crippen LogP contribution < -0.4 is 5.32 Å². The molecule has 1 heterocycles. The van der Waals surface area contributed by atoms with Gasteiger partial charge in [0.05, 0.1) is 0 Å². The maximum Gasteiger partial charge on any atom is 0.0296 e. The zero-order valence-electron chi connectivity index (χ0n) is 11.3. The van der Waals surface area contributed by atoms with E-state index in [4.69, 9.17) is 0 Å². The fourth-order valence-electron chi connectivity index (χ4n) is 2.52. The summed E-state index contributed by atoms with van der Waals surface area (Å²) >= 11 is 0. The number of rotatable bonds is 5. The van der Waals surface area contributed by atoms with Crippen molar-refractivity contribution in [2.24, 2.45) is 0 Å². The van der Waals surface area contributed by atoms with Gasteiger partial charge >= 0.3 is 0 Å². The highest BCUT2D eigenvalue weighted by molar-refractivity contribution is 5.33. The average Bonchev–Trinajstić information content (AvgIpc) is 3.30. The summed E-state index contributed by atoms with van der Waals surface area (Å²) in [6.45, 7) is 3.14. The monoisotopic (exact) mass is 252 g/mol. The van der Waals surface area contributed by atoms with E-state index in [9.17, 15) is 0 Å². The maximum absolute atomic E-state index is 4.06. The van der Waals surface area contributed by atoms with Crippen LogP contribution in [0.1, 0.15) is 48.4 Å². The van der Waals surface area contributed by atoms with Crippen LogP contribution >= 0.6 is 0 Å². The number of benzene rings is 1. The SMILES string of the molecule is CC(NCc1ccccc1C1CC1)c1ccncc1. The highest BCUT2D eigenvalue weighted by Gasteiger charge is 2.25. The highest BCUT2D eigenvalue weighted by atomic mass is 14.9. The first kappa shape index (κ1) is 12.4. The number of hydrogen-bond donors (Lipinski definition) is 1. The second kappa shape index (κ2) is 5.54. The minimum atomic E-state index is 0.357. The van der Waals surface area contributed by atoms with Crippen LogP contribution in [-0.4, -0.2) is 4.98 Å². The largest absolute Gasteiger partial charge is 0.306 e. The Kier molecular flexibility index (Phi) is 3.60. The van der Waals surface area contributed by atoms with Crippen molar-refractivity contribution in [3.63, 3.8) is 0 Å². The molecule has 3 rings (SSSR count). The molecule has 2 heteroatoms. The lowest BCUT2D eigenvalue weighted by molar-refractivity contribution is 0.572. The maximum atomic E-state index is 4.06. The van der Waals surface area contributed by atoms with Gasteiger partial charge in [0, 0.05) is 25.0 Å². The van der Waals surface area contributed by atoms with Crippen molar-refractivity contribution in [1.29, 1.82) is 0 Å². The Balaban J connectivity index is 1.66. The first-order valence-electron chi connectivity index (χ1n) is 7.05. The van der Waals surface area contributed by atoms with E-state index in [0.29, 0.717) is 6.04 Å². The fraction of sp³-hybridized carbons (Fsp3) is 0.353. The quantitative estimate of drug-likeness (QED) is 0.875. The van der Waals surface area contributed by atoms with Gasteiger partial charge in [-0.1, -0.05) is 24.3 Å². The molecule has 0 bridgehead atoms. The smallest absolute Gasteiger partial charge is 0.0296 e. The molecule has 1 N–H and O–H groups in total. The summed E-state index contributed by atoms with van der Waals surface area (Å²) in [7, 11) is 0. The Morgan fingerprint density at radius 3 is 2.63 bits per heavy atom. The molecule has 2 aromatic rings. The molecule has 0 saturated heterocycles. The van der Waals surface area contributed by atoms with E-state index in [2.05, 4.69) is 53.6 Å². The van der Waals surface area contributed by atoms with Crippen molar-refractivity contribution in [3.05, 3.63) is 65.5 Å². The van der Waals surface area contributed by atoms with Crippen LogP contribution in [0.5, 0.6) is 0 Å². The van der Waals surface area contributed by atoms with Crippen molar-refractivity contribution in [2.45, 2.75) is 38.3 Å². The molecular formula is C17H20N2. The van der Waals surface area contributed by atoms with Crippen molar-refractivity contribution in [3.8, 4) is 0 Å². The predicted octanol–water partition coefficient (Wildman–Crippen LogP) is 3.81. The van der Waals surface area contributed by atoms with Gasteiger partial charge in [-0.05, 0) is 54.5 Å². The Morgan fingerprint density at radius 1 is 1.16 bits per heavy atom. The van der Waals surface area contributed by atoms with Crippen molar-refractivity contribution < 1.29 is 0 Å². The van der Waals surface area contributed by atoms with Gasteiger partial charge < -0.3 is 5.32 Å². The van der Waals surface area contributed by atoms with Crippen molar-refractivity contribution >= 4 is 0 Å². The summed E-state index contributed by atoms with van der Waals surface area (Å²) in [6.07, 6.45) is 6.42. The molecule has 0 aliphatic heterocycles. The van der Waals surface area contributed by atoms with Gasteiger partial charge in [0.25, 0.3) is 0 Å². The Morgan fingerprint density at radius 2 is 1.89 bits per heavy atom. The summed E-state index contributed by atoms with van der Waals surface area (Å²) in [4.78, 5) is 4.06. The lowest BCUT2D eigenvalue weighted by Gasteiger charge is -2.16. The lowest BCUT2D eigenvalue weighted by Crippen LogP contribution is -2.18. The third kappa shape index (κ3) is 3.02. The van der Waals surface area contributed by atoms with E-state index in [-0.39, 0.29) is 0 Å². The third-order valence-corrected chi connectivity index (χ3v) is 3.88. The molecule has 1 aliphatic carbocycles. The van der Waals surface area contributed by atoms with Crippen molar-refractivity contribution in [2.75, 3.05) is 0 Å². The molecule has 0 amide bonds. The number of aromatic nitrogens is 1. The molecular weight excluding hydrogens is 232 g/mol. The molecule has 1 fully saturated rings. The van der Waals surface area contributed by atoms with Gasteiger partial charge in [-0.2, -0.15) is 0 Å². The molecule has 1 atom stereocenters. The van der Waals surface area contributed by atoms with Gasteiger partial charge in [0.1, 0.15) is 0 Å². The second-order valence-corrected chi connectivity index (χ2v) is 5.36. The van der Waals surface area contributed by atoms with Crippen LogP contribution in [0.4, 0.5) is 0 Å². The van der Waals surface area contributed by atoms with Crippen molar-refractivity contribution in [1.82, 2.24) is 10.3 Å². The Hall–Kier alpha value is -1.67. The minimum absolute atomic E-state index is 0.357. The molecule has 1 aromatic heterocycles. The molecule has 1 unspecified atom stereocenters. The van der Waals surface area contributed by atoms with Gasteiger partial charge in [0.15, 0.2) is 0 Å². The van der Waals surface area contributed by atoms with Gasteiger partial charge in [-0.3, -0.25) is 4.98 Å². The molecule has 1 saturated carbocycles. The normalized spacial score (nSPS) is 16.3. The summed E-state index contributed by atoms with van der Waals surface area (Å²) in [6, 6.07) is 13.3. The van der Waals surface area contributed by atoms with E-state index in [1.54, 1.807) is 0 Å². The molecule has 98 valence electrons.